The quantitative estimate of drug-likeness (QED) is 0.811. The summed E-state index contributed by atoms with van der Waals surface area (Å²) in [4.78, 5) is 28.2. The van der Waals surface area contributed by atoms with Gasteiger partial charge in [0.05, 0.1) is 24.3 Å². The van der Waals surface area contributed by atoms with Gasteiger partial charge < -0.3 is 9.47 Å². The molecule has 0 bridgehead atoms. The zero-order chi connectivity index (χ0) is 15.4. The molecule has 5 nitrogen and oxygen atoms in total. The minimum absolute atomic E-state index is 0.0648. The second-order valence-corrected chi connectivity index (χ2v) is 4.60. The Morgan fingerprint density at radius 3 is 2.43 bits per heavy atom. The second kappa shape index (κ2) is 6.54. The van der Waals surface area contributed by atoms with Crippen molar-refractivity contribution in [1.29, 1.82) is 0 Å². The molecule has 0 fully saturated rings. The summed E-state index contributed by atoms with van der Waals surface area (Å²) < 4.78 is 9.89. The number of nitrogens with zero attached hydrogens (tertiary/aromatic N) is 1. The molecule has 0 aliphatic heterocycles. The summed E-state index contributed by atoms with van der Waals surface area (Å²) in [6.45, 7) is 3.77. The van der Waals surface area contributed by atoms with Crippen molar-refractivity contribution >= 4 is 34.4 Å². The number of rotatable bonds is 4. The van der Waals surface area contributed by atoms with E-state index in [-0.39, 0.29) is 24.5 Å². The Morgan fingerprint density at radius 1 is 1.10 bits per heavy atom. The Labute approximate surface area is 126 Å². The predicted molar refractivity (Wildman–Crippen MR) is 78.7 cm³/mol. The van der Waals surface area contributed by atoms with Crippen LogP contribution in [0.1, 0.15) is 34.7 Å². The standard InChI is InChI=1S/C15H14ClNO4/c1-3-20-14(18)11-7-9-5-6-10(16)8-12(9)17-13(11)15(19)21-4-2/h5-8H,3-4H2,1-2H3. The smallest absolute Gasteiger partial charge is 0.357 e. The van der Waals surface area contributed by atoms with Crippen LogP contribution < -0.4 is 0 Å². The van der Waals surface area contributed by atoms with E-state index in [4.69, 9.17) is 21.1 Å². The van der Waals surface area contributed by atoms with Gasteiger partial charge >= 0.3 is 11.9 Å². The van der Waals surface area contributed by atoms with Gasteiger partial charge in [0.25, 0.3) is 0 Å². The molecule has 0 aliphatic carbocycles. The molecule has 0 amide bonds. The molecule has 0 atom stereocenters. The molecule has 2 aromatic rings. The van der Waals surface area contributed by atoms with Gasteiger partial charge in [-0.25, -0.2) is 14.6 Å². The summed E-state index contributed by atoms with van der Waals surface area (Å²) in [6, 6.07) is 6.59. The average Bonchev–Trinajstić information content (AvgIpc) is 2.46. The summed E-state index contributed by atoms with van der Waals surface area (Å²) in [7, 11) is 0. The van der Waals surface area contributed by atoms with Crippen molar-refractivity contribution in [2.24, 2.45) is 0 Å². The monoisotopic (exact) mass is 307 g/mol. The van der Waals surface area contributed by atoms with Crippen LogP contribution in [0, 0.1) is 0 Å². The number of hydrogen-bond acceptors (Lipinski definition) is 5. The van der Waals surface area contributed by atoms with Gasteiger partial charge in [-0.3, -0.25) is 0 Å². The molecule has 21 heavy (non-hydrogen) atoms. The van der Waals surface area contributed by atoms with Gasteiger partial charge in [0.1, 0.15) is 0 Å². The molecule has 0 aliphatic rings. The van der Waals surface area contributed by atoms with Crippen molar-refractivity contribution in [1.82, 2.24) is 4.98 Å². The molecule has 1 aromatic heterocycles. The first-order valence-electron chi connectivity index (χ1n) is 6.51. The summed E-state index contributed by atoms with van der Waals surface area (Å²) in [5.74, 6) is -1.27. The maximum Gasteiger partial charge on any atom is 0.357 e. The Bertz CT molecular complexity index is 699. The molecule has 110 valence electrons. The van der Waals surface area contributed by atoms with Crippen LogP contribution in [0.2, 0.25) is 5.02 Å². The van der Waals surface area contributed by atoms with Gasteiger partial charge in [-0.15, -0.1) is 0 Å². The second-order valence-electron chi connectivity index (χ2n) is 4.16. The van der Waals surface area contributed by atoms with Crippen LogP contribution in [0.5, 0.6) is 0 Å². The minimum Gasteiger partial charge on any atom is -0.462 e. The van der Waals surface area contributed by atoms with Gasteiger partial charge in [-0.1, -0.05) is 17.7 Å². The zero-order valence-corrected chi connectivity index (χ0v) is 12.4. The highest BCUT2D eigenvalue weighted by Crippen LogP contribution is 2.22. The molecular weight excluding hydrogens is 294 g/mol. The number of pyridine rings is 1. The lowest BCUT2D eigenvalue weighted by atomic mass is 10.1. The molecular formula is C15H14ClNO4. The van der Waals surface area contributed by atoms with Gasteiger partial charge in [-0.2, -0.15) is 0 Å². The van der Waals surface area contributed by atoms with Crippen LogP contribution in [0.3, 0.4) is 0 Å². The number of fused-ring (bicyclic) bond motifs is 1. The number of ether oxygens (including phenoxy) is 2. The van der Waals surface area contributed by atoms with E-state index in [0.29, 0.717) is 15.9 Å². The summed E-state index contributed by atoms with van der Waals surface area (Å²) in [6.07, 6.45) is 0. The maximum atomic E-state index is 12.0. The van der Waals surface area contributed by atoms with E-state index in [2.05, 4.69) is 4.98 Å². The van der Waals surface area contributed by atoms with Gasteiger partial charge in [0.15, 0.2) is 5.69 Å². The lowest BCUT2D eigenvalue weighted by molar-refractivity contribution is 0.0474. The number of hydrogen-bond donors (Lipinski definition) is 0. The fourth-order valence-corrected chi connectivity index (χ4v) is 2.03. The molecule has 0 saturated carbocycles. The Hall–Kier alpha value is -2.14. The third kappa shape index (κ3) is 3.31. The molecule has 0 saturated heterocycles. The third-order valence-corrected chi connectivity index (χ3v) is 2.98. The normalized spacial score (nSPS) is 10.4. The predicted octanol–water partition coefficient (Wildman–Crippen LogP) is 3.24. The van der Waals surface area contributed by atoms with Crippen molar-refractivity contribution in [2.75, 3.05) is 13.2 Å². The number of benzene rings is 1. The SMILES string of the molecule is CCOC(=O)c1cc2ccc(Cl)cc2nc1C(=O)OCC. The Morgan fingerprint density at radius 2 is 1.76 bits per heavy atom. The Kier molecular flexibility index (Phi) is 4.75. The van der Waals surface area contributed by atoms with Crippen molar-refractivity contribution in [3.63, 3.8) is 0 Å². The summed E-state index contributed by atoms with van der Waals surface area (Å²) in [5.41, 5.74) is 0.536. The number of carbonyl (C=O) groups excluding carboxylic acids is 2. The molecule has 0 spiro atoms. The zero-order valence-electron chi connectivity index (χ0n) is 11.7. The van der Waals surface area contributed by atoms with E-state index in [0.717, 1.165) is 0 Å². The van der Waals surface area contributed by atoms with Gasteiger partial charge in [-0.05, 0) is 32.0 Å². The topological polar surface area (TPSA) is 65.5 Å². The van der Waals surface area contributed by atoms with Gasteiger partial charge in [0.2, 0.25) is 0 Å². The van der Waals surface area contributed by atoms with E-state index >= 15 is 0 Å². The number of aromatic nitrogens is 1. The lowest BCUT2D eigenvalue weighted by Gasteiger charge is -2.09. The highest BCUT2D eigenvalue weighted by Gasteiger charge is 2.22. The number of esters is 2. The van der Waals surface area contributed by atoms with Crippen molar-refractivity contribution in [2.45, 2.75) is 13.8 Å². The first-order chi connectivity index (χ1) is 10.1. The van der Waals surface area contributed by atoms with Crippen LogP contribution in [0.4, 0.5) is 0 Å². The number of carbonyl (C=O) groups is 2. The largest absolute Gasteiger partial charge is 0.462 e. The van der Waals surface area contributed by atoms with Crippen molar-refractivity contribution < 1.29 is 19.1 Å². The van der Waals surface area contributed by atoms with Gasteiger partial charge in [0, 0.05) is 10.4 Å². The molecule has 1 heterocycles. The van der Waals surface area contributed by atoms with E-state index in [1.165, 1.54) is 0 Å². The maximum absolute atomic E-state index is 12.0. The fraction of sp³-hybridized carbons (Fsp3) is 0.267. The number of halogens is 1. The van der Waals surface area contributed by atoms with Crippen LogP contribution in [-0.4, -0.2) is 30.1 Å². The molecule has 0 unspecified atom stereocenters. The fourth-order valence-electron chi connectivity index (χ4n) is 1.86. The van der Waals surface area contributed by atoms with Crippen LogP contribution in [0.15, 0.2) is 24.3 Å². The van der Waals surface area contributed by atoms with Crippen LogP contribution in [0.25, 0.3) is 10.9 Å². The average molecular weight is 308 g/mol. The highest BCUT2D eigenvalue weighted by molar-refractivity contribution is 6.31. The molecule has 1 aromatic carbocycles. The van der Waals surface area contributed by atoms with Crippen molar-refractivity contribution in [3.8, 4) is 0 Å². The van der Waals surface area contributed by atoms with Crippen molar-refractivity contribution in [3.05, 3.63) is 40.5 Å². The van der Waals surface area contributed by atoms with E-state index in [1.54, 1.807) is 38.1 Å². The van der Waals surface area contributed by atoms with E-state index < -0.39 is 11.9 Å². The summed E-state index contributed by atoms with van der Waals surface area (Å²) in [5, 5.41) is 1.18. The third-order valence-electron chi connectivity index (χ3n) is 2.74. The first-order valence-corrected chi connectivity index (χ1v) is 6.89. The van der Waals surface area contributed by atoms with E-state index in [1.807, 2.05) is 0 Å². The highest BCUT2D eigenvalue weighted by atomic mass is 35.5. The Balaban J connectivity index is 2.62. The molecule has 6 heteroatoms. The first kappa shape index (κ1) is 15.3. The van der Waals surface area contributed by atoms with Crippen LogP contribution >= 0.6 is 11.6 Å². The van der Waals surface area contributed by atoms with E-state index in [9.17, 15) is 9.59 Å². The minimum atomic E-state index is -0.664. The van der Waals surface area contributed by atoms with Crippen LogP contribution in [-0.2, 0) is 9.47 Å². The lowest BCUT2D eigenvalue weighted by Crippen LogP contribution is -2.16. The molecule has 0 N–H and O–H groups in total. The molecule has 2 rings (SSSR count). The molecule has 0 radical (unpaired) electrons. The summed E-state index contributed by atoms with van der Waals surface area (Å²) >= 11 is 5.92.